The first-order valence-electron chi connectivity index (χ1n) is 11.6. The van der Waals surface area contributed by atoms with Gasteiger partial charge in [-0.25, -0.2) is 4.79 Å². The molecule has 2 amide bonds. The Bertz CT molecular complexity index is 1220. The highest BCUT2D eigenvalue weighted by atomic mass is 16.5. The highest BCUT2D eigenvalue weighted by Crippen LogP contribution is 2.24. The number of H-pyrrole nitrogens is 1. The first-order chi connectivity index (χ1) is 16.5. The molecule has 1 aliphatic heterocycles. The number of carbonyl (C=O) groups is 1. The second-order valence-electron chi connectivity index (χ2n) is 8.62. The Balaban J connectivity index is 1.60. The number of amides is 2. The van der Waals surface area contributed by atoms with Crippen LogP contribution >= 0.6 is 0 Å². The minimum atomic E-state index is -0.279. The summed E-state index contributed by atoms with van der Waals surface area (Å²) < 4.78 is 10.8. The summed E-state index contributed by atoms with van der Waals surface area (Å²) in [4.78, 5) is 33.3. The summed E-state index contributed by atoms with van der Waals surface area (Å²) >= 11 is 0. The molecule has 0 atom stereocenters. The zero-order valence-corrected chi connectivity index (χ0v) is 20.0. The number of pyridine rings is 1. The quantitative estimate of drug-likeness (QED) is 0.559. The zero-order chi connectivity index (χ0) is 24.1. The molecule has 1 aliphatic rings. The third-order valence-corrected chi connectivity index (χ3v) is 6.31. The van der Waals surface area contributed by atoms with Crippen LogP contribution in [0.15, 0.2) is 47.3 Å². The summed E-state index contributed by atoms with van der Waals surface area (Å²) in [6.45, 7) is 8.42. The fraction of sp³-hybridized carbons (Fsp3) is 0.385. The van der Waals surface area contributed by atoms with Crippen molar-refractivity contribution in [2.75, 3.05) is 51.8 Å². The molecule has 0 spiro atoms. The van der Waals surface area contributed by atoms with Crippen LogP contribution in [-0.2, 0) is 11.3 Å². The van der Waals surface area contributed by atoms with Gasteiger partial charge in [0, 0.05) is 37.1 Å². The molecule has 1 saturated heterocycles. The molecule has 4 rings (SSSR count). The van der Waals surface area contributed by atoms with Crippen molar-refractivity contribution in [1.29, 1.82) is 0 Å². The molecule has 1 fully saturated rings. The Morgan fingerprint density at radius 3 is 2.65 bits per heavy atom. The van der Waals surface area contributed by atoms with Gasteiger partial charge in [0.25, 0.3) is 5.56 Å². The number of methoxy groups -OCH3 is 1. The number of hydrogen-bond donors (Lipinski definition) is 2. The predicted octanol–water partition coefficient (Wildman–Crippen LogP) is 3.52. The van der Waals surface area contributed by atoms with Crippen LogP contribution in [0.3, 0.4) is 0 Å². The number of nitrogens with one attached hydrogen (secondary N) is 2. The molecular weight excluding hydrogens is 432 g/mol. The number of urea groups is 1. The van der Waals surface area contributed by atoms with E-state index in [9.17, 15) is 9.59 Å². The van der Waals surface area contributed by atoms with Gasteiger partial charge in [0.15, 0.2) is 0 Å². The number of rotatable bonds is 7. The molecule has 2 aromatic carbocycles. The molecule has 3 aromatic rings. The van der Waals surface area contributed by atoms with Gasteiger partial charge in [-0.1, -0.05) is 24.3 Å². The summed E-state index contributed by atoms with van der Waals surface area (Å²) in [5, 5.41) is 3.95. The van der Waals surface area contributed by atoms with Crippen LogP contribution in [0, 0.1) is 13.8 Å². The molecule has 0 saturated carbocycles. The van der Waals surface area contributed by atoms with E-state index in [1.54, 1.807) is 24.1 Å². The number of morpholine rings is 1. The summed E-state index contributed by atoms with van der Waals surface area (Å²) in [6.07, 6.45) is 0. The fourth-order valence-electron chi connectivity index (χ4n) is 4.22. The van der Waals surface area contributed by atoms with Crippen molar-refractivity contribution in [2.24, 2.45) is 0 Å². The summed E-state index contributed by atoms with van der Waals surface area (Å²) in [5.74, 6) is 0.582. The Hall–Kier alpha value is -3.36. The van der Waals surface area contributed by atoms with E-state index in [1.165, 1.54) is 0 Å². The molecular formula is C26H32N4O4. The van der Waals surface area contributed by atoms with E-state index in [-0.39, 0.29) is 18.1 Å². The smallest absolute Gasteiger partial charge is 0.322 e. The average Bonchev–Trinajstić information content (AvgIpc) is 2.85. The Labute approximate surface area is 199 Å². The van der Waals surface area contributed by atoms with Gasteiger partial charge in [-0.3, -0.25) is 9.69 Å². The van der Waals surface area contributed by atoms with Crippen LogP contribution in [0.1, 0.15) is 16.7 Å². The number of anilines is 1. The van der Waals surface area contributed by atoms with Gasteiger partial charge in [0.1, 0.15) is 5.75 Å². The normalized spacial score (nSPS) is 14.2. The first-order valence-corrected chi connectivity index (χ1v) is 11.6. The molecule has 8 heteroatoms. The standard InChI is InChI=1S/C26H32N4O4/c1-18-8-9-19(2)24-21(18)16-20(25(31)28-24)17-30(11-10-29-12-14-34-15-13-29)26(32)27-22-6-4-5-7-23(22)33-3/h4-9,16H,10-15,17H2,1-3H3,(H,27,32)(H,28,31). The van der Waals surface area contributed by atoms with Crippen molar-refractivity contribution >= 4 is 22.6 Å². The maximum Gasteiger partial charge on any atom is 0.322 e. The van der Waals surface area contributed by atoms with Gasteiger partial charge >= 0.3 is 6.03 Å². The van der Waals surface area contributed by atoms with Crippen LogP contribution in [-0.4, -0.2) is 67.3 Å². The third-order valence-electron chi connectivity index (χ3n) is 6.31. The molecule has 34 heavy (non-hydrogen) atoms. The van der Waals surface area contributed by atoms with Crippen molar-refractivity contribution in [1.82, 2.24) is 14.8 Å². The van der Waals surface area contributed by atoms with Crippen molar-refractivity contribution in [3.63, 3.8) is 0 Å². The average molecular weight is 465 g/mol. The number of carbonyl (C=O) groups excluding carboxylic acids is 1. The van der Waals surface area contributed by atoms with E-state index in [4.69, 9.17) is 9.47 Å². The summed E-state index contributed by atoms with van der Waals surface area (Å²) in [5.41, 5.74) is 3.90. The maximum atomic E-state index is 13.4. The zero-order valence-electron chi connectivity index (χ0n) is 20.0. The fourth-order valence-corrected chi connectivity index (χ4v) is 4.22. The molecule has 0 unspecified atom stereocenters. The molecule has 0 aliphatic carbocycles. The van der Waals surface area contributed by atoms with Crippen LogP contribution < -0.4 is 15.6 Å². The van der Waals surface area contributed by atoms with Crippen LogP contribution in [0.2, 0.25) is 0 Å². The van der Waals surface area contributed by atoms with E-state index in [2.05, 4.69) is 15.2 Å². The highest BCUT2D eigenvalue weighted by molar-refractivity contribution is 5.91. The highest BCUT2D eigenvalue weighted by Gasteiger charge is 2.20. The number of para-hydroxylation sites is 2. The molecule has 8 nitrogen and oxygen atoms in total. The molecule has 0 bridgehead atoms. The number of aromatic amines is 1. The van der Waals surface area contributed by atoms with E-state index in [0.29, 0.717) is 43.3 Å². The molecule has 2 N–H and O–H groups in total. The van der Waals surface area contributed by atoms with Gasteiger partial charge in [0.05, 0.1) is 38.1 Å². The maximum absolute atomic E-state index is 13.4. The van der Waals surface area contributed by atoms with Gasteiger partial charge in [-0.2, -0.15) is 0 Å². The number of hydrogen-bond acceptors (Lipinski definition) is 5. The van der Waals surface area contributed by atoms with E-state index < -0.39 is 0 Å². The van der Waals surface area contributed by atoms with Crippen LogP contribution in [0.25, 0.3) is 10.9 Å². The second-order valence-corrected chi connectivity index (χ2v) is 8.62. The monoisotopic (exact) mass is 464 g/mol. The third kappa shape index (κ3) is 5.40. The number of nitrogens with zero attached hydrogens (tertiary/aromatic N) is 2. The van der Waals surface area contributed by atoms with Gasteiger partial charge in [-0.05, 0) is 43.2 Å². The lowest BCUT2D eigenvalue weighted by molar-refractivity contribution is 0.0349. The number of aromatic nitrogens is 1. The largest absolute Gasteiger partial charge is 0.495 e. The lowest BCUT2D eigenvalue weighted by Gasteiger charge is -2.30. The number of benzene rings is 2. The van der Waals surface area contributed by atoms with Crippen molar-refractivity contribution in [2.45, 2.75) is 20.4 Å². The van der Waals surface area contributed by atoms with Crippen molar-refractivity contribution < 1.29 is 14.3 Å². The molecule has 180 valence electrons. The topological polar surface area (TPSA) is 86.9 Å². The minimum Gasteiger partial charge on any atom is -0.495 e. The number of ether oxygens (including phenoxy) is 2. The summed E-state index contributed by atoms with van der Waals surface area (Å²) in [6, 6.07) is 13.0. The molecule has 0 radical (unpaired) electrons. The van der Waals surface area contributed by atoms with Gasteiger partial charge in [-0.15, -0.1) is 0 Å². The van der Waals surface area contributed by atoms with E-state index in [0.717, 1.165) is 35.1 Å². The van der Waals surface area contributed by atoms with Crippen LogP contribution in [0.4, 0.5) is 10.5 Å². The Morgan fingerprint density at radius 2 is 1.88 bits per heavy atom. The van der Waals surface area contributed by atoms with Gasteiger partial charge in [0.2, 0.25) is 0 Å². The summed E-state index contributed by atoms with van der Waals surface area (Å²) in [7, 11) is 1.57. The second kappa shape index (κ2) is 10.7. The Morgan fingerprint density at radius 1 is 1.15 bits per heavy atom. The number of fused-ring (bicyclic) bond motifs is 1. The molecule has 2 heterocycles. The SMILES string of the molecule is COc1ccccc1NC(=O)N(CCN1CCOCC1)Cc1cc2c(C)ccc(C)c2[nH]c1=O. The number of aryl methyl sites for hydroxylation is 2. The molecule has 1 aromatic heterocycles. The first kappa shape index (κ1) is 23.8. The Kier molecular flexibility index (Phi) is 7.49. The lowest BCUT2D eigenvalue weighted by atomic mass is 10.0. The van der Waals surface area contributed by atoms with Crippen molar-refractivity contribution in [3.05, 3.63) is 69.5 Å². The van der Waals surface area contributed by atoms with Crippen LogP contribution in [0.5, 0.6) is 5.75 Å². The predicted molar refractivity (Wildman–Crippen MR) is 134 cm³/mol. The lowest BCUT2D eigenvalue weighted by Crippen LogP contribution is -2.44. The van der Waals surface area contributed by atoms with E-state index >= 15 is 0 Å². The van der Waals surface area contributed by atoms with Crippen molar-refractivity contribution in [3.8, 4) is 5.75 Å². The minimum absolute atomic E-state index is 0.178. The van der Waals surface area contributed by atoms with Gasteiger partial charge < -0.3 is 24.7 Å². The van der Waals surface area contributed by atoms with E-state index in [1.807, 2.05) is 44.2 Å².